The summed E-state index contributed by atoms with van der Waals surface area (Å²) in [5.41, 5.74) is 8.41. The molecule has 3 aromatic rings. The first-order valence-electron chi connectivity index (χ1n) is 10.0. The molecule has 1 aliphatic rings. The summed E-state index contributed by atoms with van der Waals surface area (Å²) in [5, 5.41) is -0.506. The van der Waals surface area contributed by atoms with Gasteiger partial charge in [0.25, 0.3) is 0 Å². The SMILES string of the molecule is Nc1ccc(-c2cc(=O)c3c(N)c(F)c(COC(=O)CN4CCOCC4)c(F)c3o2)cc1F. The molecule has 0 spiro atoms. The predicted octanol–water partition coefficient (Wildman–Crippen LogP) is 2.42. The molecule has 1 saturated heterocycles. The monoisotopic (exact) mass is 463 g/mol. The molecule has 1 aromatic heterocycles. The molecule has 4 rings (SSSR count). The smallest absolute Gasteiger partial charge is 0.320 e. The quantitative estimate of drug-likeness (QED) is 0.437. The Labute approximate surface area is 185 Å². The Morgan fingerprint density at radius 1 is 1.09 bits per heavy atom. The molecule has 4 N–H and O–H groups in total. The average Bonchev–Trinajstić information content (AvgIpc) is 2.79. The van der Waals surface area contributed by atoms with Crippen molar-refractivity contribution in [2.45, 2.75) is 6.61 Å². The van der Waals surface area contributed by atoms with Gasteiger partial charge in [0, 0.05) is 24.7 Å². The zero-order valence-corrected chi connectivity index (χ0v) is 17.3. The van der Waals surface area contributed by atoms with Crippen molar-refractivity contribution in [3.05, 3.63) is 57.5 Å². The highest BCUT2D eigenvalue weighted by Crippen LogP contribution is 2.32. The number of halogens is 3. The zero-order valence-electron chi connectivity index (χ0n) is 17.3. The lowest BCUT2D eigenvalue weighted by Crippen LogP contribution is -2.40. The van der Waals surface area contributed by atoms with Gasteiger partial charge in [0.15, 0.2) is 22.6 Å². The summed E-state index contributed by atoms with van der Waals surface area (Å²) >= 11 is 0. The predicted molar refractivity (Wildman–Crippen MR) is 114 cm³/mol. The van der Waals surface area contributed by atoms with Crippen LogP contribution in [-0.4, -0.2) is 43.7 Å². The standard InChI is InChI=1S/C22H20F3N3O5/c23-13-7-11(1-2-14(13)26)16-8-15(29)18-21(27)19(24)12(20(25)22(18)33-16)10-32-17(30)9-28-3-5-31-6-4-28/h1-2,7-8H,3-6,9-10,26-27H2. The number of anilines is 2. The van der Waals surface area contributed by atoms with E-state index in [-0.39, 0.29) is 23.6 Å². The minimum atomic E-state index is -1.24. The Kier molecular flexibility index (Phi) is 6.25. The van der Waals surface area contributed by atoms with Crippen LogP contribution in [0.25, 0.3) is 22.3 Å². The van der Waals surface area contributed by atoms with Crippen molar-refractivity contribution >= 4 is 28.3 Å². The van der Waals surface area contributed by atoms with E-state index in [0.717, 1.165) is 12.1 Å². The number of fused-ring (bicyclic) bond motifs is 1. The van der Waals surface area contributed by atoms with Crippen molar-refractivity contribution in [3.8, 4) is 11.3 Å². The molecule has 33 heavy (non-hydrogen) atoms. The minimum absolute atomic E-state index is 0.0718. The fourth-order valence-corrected chi connectivity index (χ4v) is 3.50. The van der Waals surface area contributed by atoms with Crippen LogP contribution < -0.4 is 16.9 Å². The summed E-state index contributed by atoms with van der Waals surface area (Å²) < 4.78 is 59.5. The molecule has 0 unspecified atom stereocenters. The lowest BCUT2D eigenvalue weighted by molar-refractivity contribution is -0.147. The van der Waals surface area contributed by atoms with E-state index in [4.69, 9.17) is 25.4 Å². The van der Waals surface area contributed by atoms with Crippen molar-refractivity contribution in [1.29, 1.82) is 0 Å². The van der Waals surface area contributed by atoms with Gasteiger partial charge in [-0.3, -0.25) is 14.5 Å². The number of carbonyl (C=O) groups excluding carboxylic acids is 1. The molecule has 0 bridgehead atoms. The third-order valence-electron chi connectivity index (χ3n) is 5.30. The maximum absolute atomic E-state index is 15.2. The Hall–Kier alpha value is -3.57. The topological polar surface area (TPSA) is 121 Å². The van der Waals surface area contributed by atoms with Gasteiger partial charge in [-0.15, -0.1) is 0 Å². The first-order valence-corrected chi connectivity index (χ1v) is 10.0. The van der Waals surface area contributed by atoms with Crippen LogP contribution in [0.5, 0.6) is 0 Å². The molecule has 1 aliphatic heterocycles. The second-order valence-corrected chi connectivity index (χ2v) is 7.48. The maximum atomic E-state index is 15.2. The van der Waals surface area contributed by atoms with Crippen molar-refractivity contribution in [3.63, 3.8) is 0 Å². The number of esters is 1. The summed E-state index contributed by atoms with van der Waals surface area (Å²) in [5.74, 6) is -4.10. The molecule has 8 nitrogen and oxygen atoms in total. The molecular weight excluding hydrogens is 443 g/mol. The number of morpholine rings is 1. The van der Waals surface area contributed by atoms with Crippen molar-refractivity contribution in [2.75, 3.05) is 44.3 Å². The summed E-state index contributed by atoms with van der Waals surface area (Å²) in [6.07, 6.45) is 0. The van der Waals surface area contributed by atoms with Crippen LogP contribution in [0.3, 0.4) is 0 Å². The highest BCUT2D eigenvalue weighted by molar-refractivity contribution is 5.91. The first-order chi connectivity index (χ1) is 15.8. The summed E-state index contributed by atoms with van der Waals surface area (Å²) in [6, 6.07) is 4.59. The number of hydrogen-bond acceptors (Lipinski definition) is 8. The lowest BCUT2D eigenvalue weighted by Gasteiger charge is -2.25. The van der Waals surface area contributed by atoms with Gasteiger partial charge in [-0.25, -0.2) is 13.2 Å². The Balaban J connectivity index is 1.67. The van der Waals surface area contributed by atoms with Gasteiger partial charge in [0.2, 0.25) is 0 Å². The molecule has 2 aromatic carbocycles. The summed E-state index contributed by atoms with van der Waals surface area (Å²) in [4.78, 5) is 26.4. The van der Waals surface area contributed by atoms with E-state index in [9.17, 15) is 18.4 Å². The van der Waals surface area contributed by atoms with Gasteiger partial charge in [-0.1, -0.05) is 0 Å². The fourth-order valence-electron chi connectivity index (χ4n) is 3.50. The molecular formula is C22H20F3N3O5. The number of ether oxygens (including phenoxy) is 2. The highest BCUT2D eigenvalue weighted by atomic mass is 19.1. The number of rotatable bonds is 5. The van der Waals surface area contributed by atoms with E-state index in [1.165, 1.54) is 12.1 Å². The molecule has 0 aliphatic carbocycles. The van der Waals surface area contributed by atoms with Gasteiger partial charge in [0.1, 0.15) is 18.2 Å². The number of nitrogens with zero attached hydrogens (tertiary/aromatic N) is 1. The van der Waals surface area contributed by atoms with Gasteiger partial charge in [0.05, 0.1) is 42.1 Å². The highest BCUT2D eigenvalue weighted by Gasteiger charge is 2.25. The number of benzene rings is 2. The normalized spacial score (nSPS) is 14.5. The van der Waals surface area contributed by atoms with E-state index in [1.807, 2.05) is 0 Å². The van der Waals surface area contributed by atoms with E-state index in [1.54, 1.807) is 4.90 Å². The second kappa shape index (κ2) is 9.12. The zero-order chi connectivity index (χ0) is 23.7. The van der Waals surface area contributed by atoms with Gasteiger partial charge in [-0.05, 0) is 18.2 Å². The van der Waals surface area contributed by atoms with Crippen LogP contribution in [0.2, 0.25) is 0 Å². The lowest BCUT2D eigenvalue weighted by atomic mass is 10.1. The Bertz CT molecular complexity index is 1290. The van der Waals surface area contributed by atoms with Gasteiger partial charge < -0.3 is 25.4 Å². The number of nitrogens with two attached hydrogens (primary N) is 2. The molecule has 174 valence electrons. The molecule has 0 amide bonds. The van der Waals surface area contributed by atoms with Crippen molar-refractivity contribution < 1.29 is 31.9 Å². The molecule has 0 radical (unpaired) electrons. The van der Waals surface area contributed by atoms with Crippen LogP contribution in [0, 0.1) is 17.5 Å². The van der Waals surface area contributed by atoms with E-state index in [2.05, 4.69) is 0 Å². The Morgan fingerprint density at radius 2 is 1.82 bits per heavy atom. The number of carbonyl (C=O) groups is 1. The first kappa shape index (κ1) is 22.6. The molecule has 2 heterocycles. The van der Waals surface area contributed by atoms with Crippen molar-refractivity contribution in [1.82, 2.24) is 4.90 Å². The van der Waals surface area contributed by atoms with E-state index < -0.39 is 57.7 Å². The summed E-state index contributed by atoms with van der Waals surface area (Å²) in [7, 11) is 0. The number of hydrogen-bond donors (Lipinski definition) is 2. The van der Waals surface area contributed by atoms with E-state index >= 15 is 4.39 Å². The van der Waals surface area contributed by atoms with Gasteiger partial charge >= 0.3 is 5.97 Å². The fraction of sp³-hybridized carbons (Fsp3) is 0.273. The second-order valence-electron chi connectivity index (χ2n) is 7.48. The van der Waals surface area contributed by atoms with Crippen LogP contribution in [0.4, 0.5) is 24.5 Å². The summed E-state index contributed by atoms with van der Waals surface area (Å²) in [6.45, 7) is 1.16. The molecule has 0 atom stereocenters. The largest absolute Gasteiger partial charge is 0.460 e. The third-order valence-corrected chi connectivity index (χ3v) is 5.30. The average molecular weight is 463 g/mol. The van der Waals surface area contributed by atoms with Gasteiger partial charge in [-0.2, -0.15) is 0 Å². The van der Waals surface area contributed by atoms with Crippen LogP contribution >= 0.6 is 0 Å². The third kappa shape index (κ3) is 4.50. The maximum Gasteiger partial charge on any atom is 0.320 e. The number of nitrogen functional groups attached to an aromatic ring is 2. The van der Waals surface area contributed by atoms with Crippen molar-refractivity contribution in [2.24, 2.45) is 0 Å². The Morgan fingerprint density at radius 3 is 2.52 bits per heavy atom. The van der Waals surface area contributed by atoms with Crippen LogP contribution in [0.15, 0.2) is 33.5 Å². The molecule has 0 saturated carbocycles. The van der Waals surface area contributed by atoms with E-state index in [0.29, 0.717) is 26.3 Å². The van der Waals surface area contributed by atoms with Crippen LogP contribution in [-0.2, 0) is 20.9 Å². The molecule has 1 fully saturated rings. The minimum Gasteiger partial charge on any atom is -0.460 e. The van der Waals surface area contributed by atoms with Crippen LogP contribution in [0.1, 0.15) is 5.56 Å². The molecule has 11 heteroatoms.